The SMILES string of the molecule is NCc1cnn(Cc2ccc(Cl)cc2)c1C(F)F. The molecule has 1 heterocycles. The predicted molar refractivity (Wildman–Crippen MR) is 65.6 cm³/mol. The zero-order valence-corrected chi connectivity index (χ0v) is 10.2. The second-order valence-electron chi connectivity index (χ2n) is 3.84. The molecule has 0 saturated heterocycles. The third kappa shape index (κ3) is 2.68. The van der Waals surface area contributed by atoms with E-state index in [1.807, 2.05) is 0 Å². The highest BCUT2D eigenvalue weighted by atomic mass is 35.5. The van der Waals surface area contributed by atoms with Crippen LogP contribution in [0.25, 0.3) is 0 Å². The molecule has 0 unspecified atom stereocenters. The minimum Gasteiger partial charge on any atom is -0.326 e. The summed E-state index contributed by atoms with van der Waals surface area (Å²) in [5, 5.41) is 4.56. The van der Waals surface area contributed by atoms with Gasteiger partial charge >= 0.3 is 0 Å². The Kier molecular flexibility index (Phi) is 3.93. The molecule has 96 valence electrons. The molecule has 6 heteroatoms. The lowest BCUT2D eigenvalue weighted by molar-refractivity contribution is 0.138. The van der Waals surface area contributed by atoms with Crippen LogP contribution in [0, 0.1) is 0 Å². The lowest BCUT2D eigenvalue weighted by Gasteiger charge is -2.08. The molecular weight excluding hydrogens is 260 g/mol. The van der Waals surface area contributed by atoms with Crippen LogP contribution in [0.4, 0.5) is 8.78 Å². The van der Waals surface area contributed by atoms with Crippen molar-refractivity contribution in [2.45, 2.75) is 19.5 Å². The molecule has 0 bridgehead atoms. The monoisotopic (exact) mass is 271 g/mol. The van der Waals surface area contributed by atoms with Crippen LogP contribution in [0.2, 0.25) is 5.02 Å². The molecule has 0 aliphatic carbocycles. The molecule has 2 rings (SSSR count). The van der Waals surface area contributed by atoms with Gasteiger partial charge in [-0.1, -0.05) is 23.7 Å². The lowest BCUT2D eigenvalue weighted by Crippen LogP contribution is -2.09. The largest absolute Gasteiger partial charge is 0.326 e. The van der Waals surface area contributed by atoms with Gasteiger partial charge < -0.3 is 5.73 Å². The Hall–Kier alpha value is -1.46. The smallest absolute Gasteiger partial charge is 0.280 e. The van der Waals surface area contributed by atoms with Crippen molar-refractivity contribution in [1.29, 1.82) is 0 Å². The van der Waals surface area contributed by atoms with Gasteiger partial charge in [-0.15, -0.1) is 0 Å². The van der Waals surface area contributed by atoms with Crippen LogP contribution in [-0.2, 0) is 13.1 Å². The van der Waals surface area contributed by atoms with Crippen molar-refractivity contribution >= 4 is 11.6 Å². The van der Waals surface area contributed by atoms with Crippen molar-refractivity contribution in [3.05, 3.63) is 52.3 Å². The van der Waals surface area contributed by atoms with Crippen molar-refractivity contribution in [3.8, 4) is 0 Å². The van der Waals surface area contributed by atoms with Gasteiger partial charge in [0.25, 0.3) is 6.43 Å². The minimum absolute atomic E-state index is 0.0558. The Bertz CT molecular complexity index is 523. The summed E-state index contributed by atoms with van der Waals surface area (Å²) in [6.07, 6.45) is -1.20. The number of nitrogens with two attached hydrogens (primary N) is 1. The topological polar surface area (TPSA) is 43.8 Å². The maximum absolute atomic E-state index is 12.9. The molecule has 1 aromatic carbocycles. The van der Waals surface area contributed by atoms with Crippen LogP contribution in [0.5, 0.6) is 0 Å². The van der Waals surface area contributed by atoms with Gasteiger partial charge in [0.1, 0.15) is 5.69 Å². The molecule has 0 saturated carbocycles. The Labute approximate surface area is 108 Å². The number of hydrogen-bond acceptors (Lipinski definition) is 2. The Morgan fingerprint density at radius 2 is 1.94 bits per heavy atom. The van der Waals surface area contributed by atoms with Gasteiger partial charge in [-0.3, -0.25) is 4.68 Å². The average Bonchev–Trinajstić information content (AvgIpc) is 2.75. The molecule has 18 heavy (non-hydrogen) atoms. The van der Waals surface area contributed by atoms with Crippen LogP contribution < -0.4 is 5.73 Å². The van der Waals surface area contributed by atoms with Gasteiger partial charge in [0.05, 0.1) is 12.7 Å². The van der Waals surface area contributed by atoms with E-state index in [1.165, 1.54) is 10.9 Å². The highest BCUT2D eigenvalue weighted by Crippen LogP contribution is 2.23. The third-order valence-electron chi connectivity index (χ3n) is 2.63. The van der Waals surface area contributed by atoms with E-state index in [9.17, 15) is 8.78 Å². The highest BCUT2D eigenvalue weighted by molar-refractivity contribution is 6.30. The first-order valence-corrected chi connectivity index (χ1v) is 5.77. The van der Waals surface area contributed by atoms with Crippen molar-refractivity contribution < 1.29 is 8.78 Å². The van der Waals surface area contributed by atoms with E-state index in [2.05, 4.69) is 5.10 Å². The Balaban J connectivity index is 2.28. The number of nitrogens with zero attached hydrogens (tertiary/aromatic N) is 2. The molecule has 3 nitrogen and oxygen atoms in total. The number of alkyl halides is 2. The number of rotatable bonds is 4. The van der Waals surface area contributed by atoms with Gasteiger partial charge in [0.2, 0.25) is 0 Å². The van der Waals surface area contributed by atoms with Crippen LogP contribution in [0.15, 0.2) is 30.5 Å². The number of aromatic nitrogens is 2. The molecule has 2 aromatic rings. The molecule has 2 N–H and O–H groups in total. The van der Waals surface area contributed by atoms with E-state index < -0.39 is 6.43 Å². The van der Waals surface area contributed by atoms with Crippen molar-refractivity contribution in [2.75, 3.05) is 0 Å². The molecule has 1 aromatic heterocycles. The van der Waals surface area contributed by atoms with E-state index in [0.717, 1.165) is 5.56 Å². The van der Waals surface area contributed by atoms with Crippen molar-refractivity contribution in [3.63, 3.8) is 0 Å². The number of benzene rings is 1. The summed E-state index contributed by atoms with van der Waals surface area (Å²) in [5.74, 6) is 0. The van der Waals surface area contributed by atoms with Gasteiger partial charge in [-0.25, -0.2) is 8.78 Å². The van der Waals surface area contributed by atoms with E-state index >= 15 is 0 Å². The fourth-order valence-corrected chi connectivity index (χ4v) is 1.86. The van der Waals surface area contributed by atoms with Gasteiger partial charge in [-0.05, 0) is 17.7 Å². The fourth-order valence-electron chi connectivity index (χ4n) is 1.73. The molecule has 0 aliphatic rings. The molecule has 0 aliphatic heterocycles. The summed E-state index contributed by atoms with van der Waals surface area (Å²) < 4.78 is 27.1. The number of hydrogen-bond donors (Lipinski definition) is 1. The predicted octanol–water partition coefficient (Wildman–Crippen LogP) is 2.98. The molecule has 0 atom stereocenters. The number of halogens is 3. The standard InChI is InChI=1S/C12H12ClF2N3/c13-10-3-1-8(2-4-10)7-18-11(12(14)15)9(5-16)6-17-18/h1-4,6,12H,5,7,16H2. The van der Waals surface area contributed by atoms with Crippen LogP contribution >= 0.6 is 11.6 Å². The molecule has 0 amide bonds. The summed E-state index contributed by atoms with van der Waals surface area (Å²) in [4.78, 5) is 0. The summed E-state index contributed by atoms with van der Waals surface area (Å²) in [7, 11) is 0. The molecule has 0 spiro atoms. The van der Waals surface area contributed by atoms with E-state index in [4.69, 9.17) is 17.3 Å². The summed E-state index contributed by atoms with van der Waals surface area (Å²) in [6.45, 7) is 0.330. The van der Waals surface area contributed by atoms with E-state index in [0.29, 0.717) is 10.6 Å². The van der Waals surface area contributed by atoms with E-state index in [1.54, 1.807) is 24.3 Å². The van der Waals surface area contributed by atoms with Gasteiger partial charge in [0.15, 0.2) is 0 Å². The van der Waals surface area contributed by atoms with Crippen LogP contribution in [0.1, 0.15) is 23.2 Å². The first-order valence-electron chi connectivity index (χ1n) is 5.39. The Morgan fingerprint density at radius 3 is 2.50 bits per heavy atom. The molecular formula is C12H12ClF2N3. The summed E-state index contributed by atoms with van der Waals surface area (Å²) >= 11 is 5.76. The normalized spacial score (nSPS) is 11.2. The lowest BCUT2D eigenvalue weighted by atomic mass is 10.2. The fraction of sp³-hybridized carbons (Fsp3) is 0.250. The zero-order chi connectivity index (χ0) is 13.1. The second kappa shape index (κ2) is 5.46. The van der Waals surface area contributed by atoms with Crippen LogP contribution in [0.3, 0.4) is 0 Å². The van der Waals surface area contributed by atoms with Gasteiger partial charge in [-0.2, -0.15) is 5.10 Å². The molecule has 0 radical (unpaired) electrons. The highest BCUT2D eigenvalue weighted by Gasteiger charge is 2.19. The van der Waals surface area contributed by atoms with Crippen LogP contribution in [-0.4, -0.2) is 9.78 Å². The summed E-state index contributed by atoms with van der Waals surface area (Å²) in [6, 6.07) is 6.99. The van der Waals surface area contributed by atoms with Crippen molar-refractivity contribution in [2.24, 2.45) is 5.73 Å². The van der Waals surface area contributed by atoms with Gasteiger partial charge in [0, 0.05) is 17.1 Å². The first-order chi connectivity index (χ1) is 8.61. The van der Waals surface area contributed by atoms with E-state index in [-0.39, 0.29) is 18.8 Å². The van der Waals surface area contributed by atoms with Crippen molar-refractivity contribution in [1.82, 2.24) is 9.78 Å². The average molecular weight is 272 g/mol. The molecule has 0 fully saturated rings. The maximum Gasteiger partial charge on any atom is 0.280 e. The third-order valence-corrected chi connectivity index (χ3v) is 2.88. The zero-order valence-electron chi connectivity index (χ0n) is 9.48. The quantitative estimate of drug-likeness (QED) is 0.929. The summed E-state index contributed by atoms with van der Waals surface area (Å²) in [5.41, 5.74) is 6.52. The minimum atomic E-state index is -2.58. The second-order valence-corrected chi connectivity index (χ2v) is 4.28. The Morgan fingerprint density at radius 1 is 1.28 bits per heavy atom. The first kappa shape index (κ1) is 13.0. The maximum atomic E-state index is 12.9.